The van der Waals surface area contributed by atoms with E-state index in [0.29, 0.717) is 0 Å². The minimum Gasteiger partial charge on any atom is -0.304 e. The summed E-state index contributed by atoms with van der Waals surface area (Å²) in [6, 6.07) is 17.9. The SMILES string of the molecule is Cc1c[c-]c(-c2nccc3ccccc23)cc1C.[Ir]. The number of pyridine rings is 1. The first kappa shape index (κ1) is 13.9. The average Bonchev–Trinajstić information content (AvgIpc) is 2.41. The largest absolute Gasteiger partial charge is 0.304 e. The molecule has 3 aromatic rings. The molecule has 2 aromatic carbocycles. The Kier molecular flexibility index (Phi) is 4.14. The molecule has 0 amide bonds. The van der Waals surface area contributed by atoms with E-state index in [2.05, 4.69) is 55.2 Å². The zero-order valence-electron chi connectivity index (χ0n) is 10.9. The minimum atomic E-state index is 0. The molecule has 1 heterocycles. The van der Waals surface area contributed by atoms with E-state index in [1.165, 1.54) is 21.9 Å². The molecule has 0 fully saturated rings. The summed E-state index contributed by atoms with van der Waals surface area (Å²) < 4.78 is 0. The van der Waals surface area contributed by atoms with Crippen LogP contribution < -0.4 is 0 Å². The normalized spacial score (nSPS) is 10.2. The van der Waals surface area contributed by atoms with Gasteiger partial charge in [-0.1, -0.05) is 38.1 Å². The quantitative estimate of drug-likeness (QED) is 0.531. The van der Waals surface area contributed by atoms with Gasteiger partial charge in [0.05, 0.1) is 0 Å². The van der Waals surface area contributed by atoms with Crippen LogP contribution in [0.2, 0.25) is 0 Å². The van der Waals surface area contributed by atoms with Crippen LogP contribution in [0.15, 0.2) is 48.7 Å². The summed E-state index contributed by atoms with van der Waals surface area (Å²) in [6.45, 7) is 4.23. The van der Waals surface area contributed by atoms with Gasteiger partial charge in [0.15, 0.2) is 0 Å². The maximum Gasteiger partial charge on any atom is 0.0167 e. The Morgan fingerprint density at radius 1 is 1.00 bits per heavy atom. The first-order valence-electron chi connectivity index (χ1n) is 6.09. The maximum atomic E-state index is 4.52. The molecule has 2 heteroatoms. The van der Waals surface area contributed by atoms with E-state index in [0.717, 1.165) is 11.3 Å². The predicted octanol–water partition coefficient (Wildman–Crippen LogP) is 4.32. The van der Waals surface area contributed by atoms with E-state index in [1.54, 1.807) is 0 Å². The standard InChI is InChI=1S/C17H14N.Ir/c1-12-7-8-15(11-13(12)2)17-16-6-4-3-5-14(16)9-10-18-17;/h3-7,9-11H,1-2H3;/q-1;. The van der Waals surface area contributed by atoms with Gasteiger partial charge in [0, 0.05) is 26.3 Å². The van der Waals surface area contributed by atoms with Crippen LogP contribution in [0.4, 0.5) is 0 Å². The van der Waals surface area contributed by atoms with Crippen molar-refractivity contribution in [2.45, 2.75) is 13.8 Å². The minimum absolute atomic E-state index is 0. The molecule has 19 heavy (non-hydrogen) atoms. The molecule has 0 N–H and O–H groups in total. The van der Waals surface area contributed by atoms with Gasteiger partial charge in [-0.2, -0.15) is 0 Å². The molecule has 0 saturated heterocycles. The molecule has 0 unspecified atom stereocenters. The Morgan fingerprint density at radius 2 is 1.79 bits per heavy atom. The molecule has 1 nitrogen and oxygen atoms in total. The van der Waals surface area contributed by atoms with Gasteiger partial charge >= 0.3 is 0 Å². The average molecular weight is 425 g/mol. The fraction of sp³-hybridized carbons (Fsp3) is 0.118. The van der Waals surface area contributed by atoms with E-state index in [9.17, 15) is 0 Å². The predicted molar refractivity (Wildman–Crippen MR) is 75.5 cm³/mol. The van der Waals surface area contributed by atoms with Crippen LogP contribution in [-0.4, -0.2) is 4.98 Å². The summed E-state index contributed by atoms with van der Waals surface area (Å²) in [5, 5.41) is 2.40. The third-order valence-corrected chi connectivity index (χ3v) is 3.36. The number of benzene rings is 2. The van der Waals surface area contributed by atoms with Crippen LogP contribution in [0, 0.1) is 19.9 Å². The van der Waals surface area contributed by atoms with E-state index < -0.39 is 0 Å². The number of fused-ring (bicyclic) bond motifs is 1. The molecule has 3 rings (SSSR count). The first-order valence-corrected chi connectivity index (χ1v) is 6.09. The number of hydrogen-bond donors (Lipinski definition) is 0. The van der Waals surface area contributed by atoms with Gasteiger partial charge in [0.25, 0.3) is 0 Å². The van der Waals surface area contributed by atoms with Crippen molar-refractivity contribution < 1.29 is 20.1 Å². The van der Waals surface area contributed by atoms with Crippen LogP contribution in [0.25, 0.3) is 22.0 Å². The zero-order valence-corrected chi connectivity index (χ0v) is 13.3. The second-order valence-corrected chi connectivity index (χ2v) is 4.59. The van der Waals surface area contributed by atoms with Crippen LogP contribution in [-0.2, 0) is 20.1 Å². The smallest absolute Gasteiger partial charge is 0.0167 e. The van der Waals surface area contributed by atoms with Crippen LogP contribution in [0.5, 0.6) is 0 Å². The van der Waals surface area contributed by atoms with Crippen molar-refractivity contribution in [3.8, 4) is 11.3 Å². The van der Waals surface area contributed by atoms with Crippen molar-refractivity contribution in [3.05, 3.63) is 65.9 Å². The Hall–Kier alpha value is -1.50. The molecule has 0 saturated carbocycles. The summed E-state index contributed by atoms with van der Waals surface area (Å²) in [7, 11) is 0. The van der Waals surface area contributed by atoms with E-state index in [1.807, 2.05) is 18.3 Å². The molecule has 0 aliphatic rings. The fourth-order valence-corrected chi connectivity index (χ4v) is 2.14. The van der Waals surface area contributed by atoms with Crippen LogP contribution in [0.1, 0.15) is 11.1 Å². The topological polar surface area (TPSA) is 12.9 Å². The van der Waals surface area contributed by atoms with Gasteiger partial charge in [-0.15, -0.1) is 34.9 Å². The van der Waals surface area contributed by atoms with Crippen molar-refractivity contribution in [1.29, 1.82) is 0 Å². The Bertz CT molecular complexity index is 714. The van der Waals surface area contributed by atoms with Gasteiger partial charge in [0.2, 0.25) is 0 Å². The number of aryl methyl sites for hydroxylation is 2. The van der Waals surface area contributed by atoms with Crippen LogP contribution >= 0.6 is 0 Å². The van der Waals surface area contributed by atoms with Gasteiger partial charge < -0.3 is 4.98 Å². The number of nitrogens with zero attached hydrogens (tertiary/aromatic N) is 1. The number of hydrogen-bond acceptors (Lipinski definition) is 1. The maximum absolute atomic E-state index is 4.52. The zero-order chi connectivity index (χ0) is 12.5. The van der Waals surface area contributed by atoms with Crippen molar-refractivity contribution in [1.82, 2.24) is 4.98 Å². The monoisotopic (exact) mass is 425 g/mol. The van der Waals surface area contributed by atoms with E-state index in [4.69, 9.17) is 0 Å². The molecule has 0 bridgehead atoms. The van der Waals surface area contributed by atoms with Gasteiger partial charge in [-0.05, 0) is 22.5 Å². The Balaban J connectivity index is 0.00000133. The molecule has 0 spiro atoms. The fourth-order valence-electron chi connectivity index (χ4n) is 2.14. The van der Waals surface area contributed by atoms with Gasteiger partial charge in [-0.25, -0.2) is 0 Å². The van der Waals surface area contributed by atoms with Crippen molar-refractivity contribution >= 4 is 10.8 Å². The van der Waals surface area contributed by atoms with E-state index in [-0.39, 0.29) is 20.1 Å². The second-order valence-electron chi connectivity index (χ2n) is 4.59. The number of rotatable bonds is 1. The third kappa shape index (κ3) is 2.60. The summed E-state index contributed by atoms with van der Waals surface area (Å²) >= 11 is 0. The molecular formula is C17H14IrN-. The van der Waals surface area contributed by atoms with Gasteiger partial charge in [0.1, 0.15) is 0 Å². The number of aromatic nitrogens is 1. The second kappa shape index (κ2) is 5.64. The summed E-state index contributed by atoms with van der Waals surface area (Å²) in [6.07, 6.45) is 1.86. The summed E-state index contributed by atoms with van der Waals surface area (Å²) in [5.41, 5.74) is 4.61. The van der Waals surface area contributed by atoms with Crippen molar-refractivity contribution in [2.24, 2.45) is 0 Å². The summed E-state index contributed by atoms with van der Waals surface area (Å²) in [5.74, 6) is 0. The molecule has 1 radical (unpaired) electrons. The molecule has 0 aliphatic heterocycles. The summed E-state index contributed by atoms with van der Waals surface area (Å²) in [4.78, 5) is 4.52. The first-order chi connectivity index (χ1) is 8.75. The molecule has 97 valence electrons. The molecule has 1 aromatic heterocycles. The molecule has 0 aliphatic carbocycles. The van der Waals surface area contributed by atoms with E-state index >= 15 is 0 Å². The molecule has 0 atom stereocenters. The van der Waals surface area contributed by atoms with Gasteiger partial charge in [-0.3, -0.25) is 0 Å². The Morgan fingerprint density at radius 3 is 2.58 bits per heavy atom. The molecular weight excluding hydrogens is 410 g/mol. The van der Waals surface area contributed by atoms with Crippen molar-refractivity contribution in [2.75, 3.05) is 0 Å². The third-order valence-electron chi connectivity index (χ3n) is 3.36. The van der Waals surface area contributed by atoms with Crippen molar-refractivity contribution in [3.63, 3.8) is 0 Å². The van der Waals surface area contributed by atoms with Crippen LogP contribution in [0.3, 0.4) is 0 Å². The Labute approximate surface area is 127 Å².